The first-order valence-corrected chi connectivity index (χ1v) is 8.35. The lowest BCUT2D eigenvalue weighted by molar-refractivity contribution is -0.113. The highest BCUT2D eigenvalue weighted by atomic mass is 35.5. The number of hydrogen-bond acceptors (Lipinski definition) is 3. The van der Waals surface area contributed by atoms with Crippen LogP contribution in [-0.2, 0) is 14.6 Å². The van der Waals surface area contributed by atoms with Crippen LogP contribution in [0.4, 0.5) is 10.1 Å². The standard InChI is InChI=1S/C15H13ClFNO3S/c1-10-2-7-14(13(17)8-10)18-15(19)9-22(20,21)12-5-3-11(16)4-6-12/h2-8H,9H2,1H3,(H,18,19). The van der Waals surface area contributed by atoms with Crippen LogP contribution in [0.1, 0.15) is 5.56 Å². The molecule has 4 nitrogen and oxygen atoms in total. The first-order valence-electron chi connectivity index (χ1n) is 6.32. The number of sulfone groups is 1. The number of aryl methyl sites for hydroxylation is 1. The number of rotatable bonds is 4. The molecule has 22 heavy (non-hydrogen) atoms. The molecule has 0 aliphatic rings. The number of benzene rings is 2. The van der Waals surface area contributed by atoms with Crippen LogP contribution in [0.15, 0.2) is 47.4 Å². The largest absolute Gasteiger partial charge is 0.323 e. The minimum atomic E-state index is -3.81. The molecule has 0 fully saturated rings. The number of anilines is 1. The van der Waals surface area contributed by atoms with Gasteiger partial charge in [-0.3, -0.25) is 4.79 Å². The van der Waals surface area contributed by atoms with Crippen molar-refractivity contribution in [3.05, 3.63) is 58.9 Å². The third kappa shape index (κ3) is 4.05. The Bertz CT molecular complexity index is 804. The van der Waals surface area contributed by atoms with Crippen molar-refractivity contribution < 1.29 is 17.6 Å². The number of halogens is 2. The van der Waals surface area contributed by atoms with Gasteiger partial charge in [-0.25, -0.2) is 12.8 Å². The van der Waals surface area contributed by atoms with Gasteiger partial charge in [0, 0.05) is 5.02 Å². The fourth-order valence-electron chi connectivity index (χ4n) is 1.81. The van der Waals surface area contributed by atoms with Gasteiger partial charge < -0.3 is 5.32 Å². The fraction of sp³-hybridized carbons (Fsp3) is 0.133. The van der Waals surface area contributed by atoms with Crippen molar-refractivity contribution in [3.63, 3.8) is 0 Å². The molecule has 0 aromatic heterocycles. The van der Waals surface area contributed by atoms with Gasteiger partial charge in [0.25, 0.3) is 0 Å². The number of nitrogens with one attached hydrogen (secondary N) is 1. The Morgan fingerprint density at radius 1 is 1.18 bits per heavy atom. The van der Waals surface area contributed by atoms with Crippen molar-refractivity contribution in [1.29, 1.82) is 0 Å². The lowest BCUT2D eigenvalue weighted by atomic mass is 10.2. The van der Waals surface area contributed by atoms with Crippen molar-refractivity contribution in [2.24, 2.45) is 0 Å². The molecule has 0 spiro atoms. The summed E-state index contributed by atoms with van der Waals surface area (Å²) in [7, 11) is -3.81. The van der Waals surface area contributed by atoms with E-state index in [0.29, 0.717) is 10.6 Å². The average molecular weight is 342 g/mol. The molecule has 0 radical (unpaired) electrons. The van der Waals surface area contributed by atoms with Crippen LogP contribution >= 0.6 is 11.6 Å². The Hall–Kier alpha value is -1.92. The van der Waals surface area contributed by atoms with Gasteiger partial charge in [-0.05, 0) is 48.9 Å². The van der Waals surface area contributed by atoms with E-state index in [-0.39, 0.29) is 10.6 Å². The monoisotopic (exact) mass is 341 g/mol. The van der Waals surface area contributed by atoms with E-state index >= 15 is 0 Å². The Morgan fingerprint density at radius 2 is 1.82 bits per heavy atom. The van der Waals surface area contributed by atoms with Gasteiger partial charge in [-0.1, -0.05) is 17.7 Å². The molecule has 116 valence electrons. The zero-order valence-corrected chi connectivity index (χ0v) is 13.2. The summed E-state index contributed by atoms with van der Waals surface area (Å²) in [6.45, 7) is 1.71. The summed E-state index contributed by atoms with van der Waals surface area (Å²) < 4.78 is 37.8. The Kier molecular flexibility index (Phi) is 4.83. The van der Waals surface area contributed by atoms with Crippen molar-refractivity contribution in [3.8, 4) is 0 Å². The molecule has 0 saturated heterocycles. The highest BCUT2D eigenvalue weighted by molar-refractivity contribution is 7.92. The van der Waals surface area contributed by atoms with E-state index < -0.39 is 27.3 Å². The third-order valence-corrected chi connectivity index (χ3v) is 4.78. The van der Waals surface area contributed by atoms with E-state index in [1.165, 1.54) is 36.4 Å². The maximum Gasteiger partial charge on any atom is 0.240 e. The number of hydrogen-bond donors (Lipinski definition) is 1. The van der Waals surface area contributed by atoms with E-state index in [2.05, 4.69) is 5.32 Å². The van der Waals surface area contributed by atoms with Crippen LogP contribution in [0.3, 0.4) is 0 Å². The Morgan fingerprint density at radius 3 is 2.41 bits per heavy atom. The van der Waals surface area contributed by atoms with Crippen LogP contribution in [0.25, 0.3) is 0 Å². The lowest BCUT2D eigenvalue weighted by Gasteiger charge is -2.08. The molecule has 0 aliphatic carbocycles. The van der Waals surface area contributed by atoms with E-state index in [0.717, 1.165) is 0 Å². The average Bonchev–Trinajstić information content (AvgIpc) is 2.42. The molecule has 0 unspecified atom stereocenters. The van der Waals surface area contributed by atoms with Gasteiger partial charge >= 0.3 is 0 Å². The second kappa shape index (κ2) is 6.46. The number of amides is 1. The summed E-state index contributed by atoms with van der Waals surface area (Å²) in [6.07, 6.45) is 0. The predicted molar refractivity (Wildman–Crippen MR) is 83.3 cm³/mol. The van der Waals surface area contributed by atoms with Crippen LogP contribution < -0.4 is 5.32 Å². The zero-order chi connectivity index (χ0) is 16.3. The summed E-state index contributed by atoms with van der Waals surface area (Å²) in [5.41, 5.74) is 0.645. The normalized spacial score (nSPS) is 11.2. The summed E-state index contributed by atoms with van der Waals surface area (Å²) in [5.74, 6) is -2.20. The molecule has 2 aromatic carbocycles. The van der Waals surface area contributed by atoms with Crippen molar-refractivity contribution >= 4 is 33.0 Å². The number of carbonyl (C=O) groups excluding carboxylic acids is 1. The van der Waals surface area contributed by atoms with E-state index in [4.69, 9.17) is 11.6 Å². The second-order valence-corrected chi connectivity index (χ2v) is 7.17. The minimum Gasteiger partial charge on any atom is -0.323 e. The van der Waals surface area contributed by atoms with Crippen LogP contribution in [0.2, 0.25) is 5.02 Å². The first-order chi connectivity index (χ1) is 10.3. The summed E-state index contributed by atoms with van der Waals surface area (Å²) in [6, 6.07) is 9.74. The molecule has 0 bridgehead atoms. The molecular formula is C15H13ClFNO3S. The van der Waals surface area contributed by atoms with Crippen molar-refractivity contribution in [1.82, 2.24) is 0 Å². The number of carbonyl (C=O) groups is 1. The van der Waals surface area contributed by atoms with Crippen LogP contribution in [-0.4, -0.2) is 20.1 Å². The molecule has 0 aliphatic heterocycles. The summed E-state index contributed by atoms with van der Waals surface area (Å²) in [5, 5.41) is 2.65. The Labute approximate surface area is 132 Å². The van der Waals surface area contributed by atoms with Gasteiger partial charge in [0.1, 0.15) is 11.6 Å². The van der Waals surface area contributed by atoms with E-state index in [1.807, 2.05) is 0 Å². The molecule has 0 atom stereocenters. The van der Waals surface area contributed by atoms with Crippen LogP contribution in [0.5, 0.6) is 0 Å². The minimum absolute atomic E-state index is 0.0172. The van der Waals surface area contributed by atoms with Gasteiger partial charge in [-0.15, -0.1) is 0 Å². The van der Waals surface area contributed by atoms with Gasteiger partial charge in [-0.2, -0.15) is 0 Å². The quantitative estimate of drug-likeness (QED) is 0.928. The van der Waals surface area contributed by atoms with Crippen molar-refractivity contribution in [2.45, 2.75) is 11.8 Å². The topological polar surface area (TPSA) is 63.2 Å². The first kappa shape index (κ1) is 16.5. The molecule has 0 saturated carbocycles. The molecule has 2 aromatic rings. The highest BCUT2D eigenvalue weighted by Gasteiger charge is 2.20. The predicted octanol–water partition coefficient (Wildman–Crippen LogP) is 3.20. The molecule has 0 heterocycles. The molecule has 1 N–H and O–H groups in total. The molecule has 7 heteroatoms. The zero-order valence-electron chi connectivity index (χ0n) is 11.6. The lowest BCUT2D eigenvalue weighted by Crippen LogP contribution is -2.23. The maximum absolute atomic E-state index is 13.6. The SMILES string of the molecule is Cc1ccc(NC(=O)CS(=O)(=O)c2ccc(Cl)cc2)c(F)c1. The third-order valence-electron chi connectivity index (χ3n) is 2.89. The fourth-order valence-corrected chi connectivity index (χ4v) is 3.07. The highest BCUT2D eigenvalue weighted by Crippen LogP contribution is 2.18. The van der Waals surface area contributed by atoms with Crippen molar-refractivity contribution in [2.75, 3.05) is 11.1 Å². The van der Waals surface area contributed by atoms with Crippen LogP contribution in [0, 0.1) is 12.7 Å². The van der Waals surface area contributed by atoms with E-state index in [1.54, 1.807) is 13.0 Å². The van der Waals surface area contributed by atoms with E-state index in [9.17, 15) is 17.6 Å². The molecular weight excluding hydrogens is 329 g/mol. The smallest absolute Gasteiger partial charge is 0.240 e. The van der Waals surface area contributed by atoms with Gasteiger partial charge in [0.15, 0.2) is 9.84 Å². The van der Waals surface area contributed by atoms with Gasteiger partial charge in [0.05, 0.1) is 10.6 Å². The molecule has 1 amide bonds. The summed E-state index contributed by atoms with van der Waals surface area (Å²) in [4.78, 5) is 11.8. The summed E-state index contributed by atoms with van der Waals surface area (Å²) >= 11 is 5.69. The maximum atomic E-state index is 13.6. The Balaban J connectivity index is 2.12. The molecule has 2 rings (SSSR count). The second-order valence-electron chi connectivity index (χ2n) is 4.74. The van der Waals surface area contributed by atoms with Gasteiger partial charge in [0.2, 0.25) is 5.91 Å².